The van der Waals surface area contributed by atoms with Crippen molar-refractivity contribution in [2.75, 3.05) is 0 Å². The van der Waals surface area contributed by atoms with Crippen LogP contribution in [0.5, 0.6) is 0 Å². The highest BCUT2D eigenvalue weighted by Gasteiger charge is 2.28. The third-order valence-electron chi connectivity index (χ3n) is 2.88. The molecule has 0 fully saturated rings. The van der Waals surface area contributed by atoms with Gasteiger partial charge in [-0.25, -0.2) is 4.85 Å². The van der Waals surface area contributed by atoms with E-state index in [4.69, 9.17) is 51.5 Å². The number of halogens is 3. The van der Waals surface area contributed by atoms with Crippen LogP contribution in [0.2, 0.25) is 0 Å². The van der Waals surface area contributed by atoms with Crippen LogP contribution in [-0.2, 0) is 11.3 Å². The van der Waals surface area contributed by atoms with Crippen LogP contribution in [0.15, 0.2) is 48.5 Å². The van der Waals surface area contributed by atoms with E-state index < -0.39 is 9.69 Å². The van der Waals surface area contributed by atoms with Crippen molar-refractivity contribution in [3.8, 4) is 11.1 Å². The van der Waals surface area contributed by atoms with E-state index in [1.807, 2.05) is 42.5 Å². The van der Waals surface area contributed by atoms with Gasteiger partial charge in [-0.15, -0.1) is 0 Å². The smallest absolute Gasteiger partial charge is 0.265 e. The average molecular weight is 354 g/mol. The largest absolute Gasteiger partial charge is 0.473 e. The van der Waals surface area contributed by atoms with Crippen molar-refractivity contribution in [3.63, 3.8) is 0 Å². The van der Waals surface area contributed by atoms with Crippen LogP contribution in [0.1, 0.15) is 5.56 Å². The summed E-state index contributed by atoms with van der Waals surface area (Å²) in [7, 11) is 0. The van der Waals surface area contributed by atoms with E-state index >= 15 is 0 Å². The van der Waals surface area contributed by atoms with Gasteiger partial charge in [0.05, 0.1) is 6.57 Å². The number of hydrogen-bond acceptors (Lipinski definition) is 2. The van der Waals surface area contributed by atoms with Gasteiger partial charge in [0.1, 0.15) is 6.61 Å². The quantitative estimate of drug-likeness (QED) is 0.323. The van der Waals surface area contributed by atoms with Crippen molar-refractivity contribution in [1.82, 2.24) is 0 Å². The predicted octanol–water partition coefficient (Wildman–Crippen LogP) is 5.77. The summed E-state index contributed by atoms with van der Waals surface area (Å²) in [5.41, 5.74) is 3.31. The van der Waals surface area contributed by atoms with Gasteiger partial charge in [0.15, 0.2) is 5.69 Å². The molecule has 0 bridgehead atoms. The second-order valence-electron chi connectivity index (χ2n) is 4.48. The van der Waals surface area contributed by atoms with Gasteiger partial charge in [-0.1, -0.05) is 71.2 Å². The lowest BCUT2D eigenvalue weighted by atomic mass is 10.0. The minimum absolute atomic E-state index is 0.128. The van der Waals surface area contributed by atoms with Gasteiger partial charge < -0.3 is 4.74 Å². The number of ether oxygens (including phenoxy) is 1. The maximum absolute atomic E-state index is 7.51. The molecule has 6 heteroatoms. The Morgan fingerprint density at radius 3 is 2.36 bits per heavy atom. The van der Waals surface area contributed by atoms with E-state index in [-0.39, 0.29) is 6.61 Å². The third-order valence-corrected chi connectivity index (χ3v) is 3.39. The van der Waals surface area contributed by atoms with Crippen LogP contribution in [0.3, 0.4) is 0 Å². The molecule has 2 aromatic carbocycles. The maximum Gasteiger partial charge on any atom is 0.265 e. The number of benzene rings is 2. The van der Waals surface area contributed by atoms with E-state index in [0.717, 1.165) is 16.7 Å². The molecular weight excluding hydrogens is 343 g/mol. The fraction of sp³-hybridized carbons (Fsp3) is 0.125. The Labute approximate surface area is 143 Å². The first-order valence-electron chi connectivity index (χ1n) is 6.25. The van der Waals surface area contributed by atoms with Crippen molar-refractivity contribution < 1.29 is 4.74 Å². The van der Waals surface area contributed by atoms with Crippen LogP contribution >= 0.6 is 34.8 Å². The van der Waals surface area contributed by atoms with Crippen molar-refractivity contribution in [3.05, 3.63) is 65.5 Å². The number of nitrogens with one attached hydrogen (secondary N) is 1. The molecule has 0 saturated carbocycles. The van der Waals surface area contributed by atoms with Crippen LogP contribution in [-0.4, -0.2) is 9.69 Å². The van der Waals surface area contributed by atoms with Crippen molar-refractivity contribution in [2.24, 2.45) is 0 Å². The van der Waals surface area contributed by atoms with Gasteiger partial charge in [-0.2, -0.15) is 0 Å². The zero-order valence-electron chi connectivity index (χ0n) is 11.3. The summed E-state index contributed by atoms with van der Waals surface area (Å²) in [5.74, 6) is -0.419. The van der Waals surface area contributed by atoms with E-state index in [1.54, 1.807) is 6.07 Å². The molecule has 0 radical (unpaired) electrons. The van der Waals surface area contributed by atoms with Crippen LogP contribution < -0.4 is 0 Å². The minimum atomic E-state index is -1.86. The molecule has 0 saturated heterocycles. The fourth-order valence-corrected chi connectivity index (χ4v) is 2.00. The number of alkyl halides is 3. The topological polar surface area (TPSA) is 37.4 Å². The number of nitrogens with zero attached hydrogens (tertiary/aromatic N) is 1. The highest BCUT2D eigenvalue weighted by molar-refractivity contribution is 6.76. The highest BCUT2D eigenvalue weighted by Crippen LogP contribution is 2.29. The predicted molar refractivity (Wildman–Crippen MR) is 90.9 cm³/mol. The standard InChI is InChI=1S/C16H11Cl3N2O/c1-21-14-7-3-6-13(9-14)12-5-2-4-11(8-12)10-22-15(20)16(17,18)19/h2-9,20H,10H2. The van der Waals surface area contributed by atoms with Gasteiger partial charge in [-0.05, 0) is 28.8 Å². The Balaban J connectivity index is 2.17. The van der Waals surface area contributed by atoms with Gasteiger partial charge >= 0.3 is 0 Å². The summed E-state index contributed by atoms with van der Waals surface area (Å²) < 4.78 is 3.31. The first kappa shape index (κ1) is 16.6. The molecule has 2 aromatic rings. The van der Waals surface area contributed by atoms with E-state index in [1.165, 1.54) is 0 Å². The van der Waals surface area contributed by atoms with Gasteiger partial charge in [-0.3, -0.25) is 5.41 Å². The minimum Gasteiger partial charge on any atom is -0.473 e. The molecule has 0 aliphatic heterocycles. The van der Waals surface area contributed by atoms with E-state index in [0.29, 0.717) is 5.69 Å². The molecule has 0 aliphatic rings. The van der Waals surface area contributed by atoms with E-state index in [2.05, 4.69) is 4.85 Å². The fourth-order valence-electron chi connectivity index (χ4n) is 1.83. The summed E-state index contributed by atoms with van der Waals surface area (Å²) in [4.78, 5) is 3.42. The molecule has 0 aliphatic carbocycles. The Bertz CT molecular complexity index is 733. The lowest BCUT2D eigenvalue weighted by Crippen LogP contribution is -2.20. The Kier molecular flexibility index (Phi) is 5.31. The zero-order valence-corrected chi connectivity index (χ0v) is 13.6. The van der Waals surface area contributed by atoms with Crippen LogP contribution in [0.25, 0.3) is 16.0 Å². The lowest BCUT2D eigenvalue weighted by Gasteiger charge is -2.14. The first-order chi connectivity index (χ1) is 10.4. The van der Waals surface area contributed by atoms with Crippen LogP contribution in [0.4, 0.5) is 5.69 Å². The third kappa shape index (κ3) is 4.38. The molecule has 22 heavy (non-hydrogen) atoms. The zero-order chi connectivity index (χ0) is 16.2. The molecule has 1 N–H and O–H groups in total. The van der Waals surface area contributed by atoms with Crippen LogP contribution in [0, 0.1) is 12.0 Å². The summed E-state index contributed by atoms with van der Waals surface area (Å²) in [6, 6.07) is 14.9. The molecule has 2 rings (SSSR count). The Morgan fingerprint density at radius 2 is 1.73 bits per heavy atom. The summed E-state index contributed by atoms with van der Waals surface area (Å²) in [6.45, 7) is 7.19. The van der Waals surface area contributed by atoms with Gasteiger partial charge in [0, 0.05) is 0 Å². The Morgan fingerprint density at radius 1 is 1.09 bits per heavy atom. The molecule has 0 amide bonds. The van der Waals surface area contributed by atoms with Crippen molar-refractivity contribution >= 4 is 46.4 Å². The highest BCUT2D eigenvalue weighted by atomic mass is 35.6. The average Bonchev–Trinajstić information content (AvgIpc) is 2.52. The van der Waals surface area contributed by atoms with E-state index in [9.17, 15) is 0 Å². The van der Waals surface area contributed by atoms with Gasteiger partial charge in [0.2, 0.25) is 5.90 Å². The molecular formula is C16H11Cl3N2O. The second kappa shape index (κ2) is 7.02. The molecule has 0 spiro atoms. The summed E-state index contributed by atoms with van der Waals surface area (Å²) in [5, 5.41) is 7.51. The SMILES string of the molecule is [C-]#[N+]c1cccc(-c2cccc(COC(=N)C(Cl)(Cl)Cl)c2)c1. The second-order valence-corrected chi connectivity index (χ2v) is 6.76. The lowest BCUT2D eigenvalue weighted by molar-refractivity contribution is 0.284. The molecule has 112 valence electrons. The normalized spacial score (nSPS) is 10.8. The number of hydrogen-bond donors (Lipinski definition) is 1. The molecule has 0 unspecified atom stereocenters. The summed E-state index contributed by atoms with van der Waals surface area (Å²) in [6.07, 6.45) is 0. The molecule has 0 heterocycles. The maximum atomic E-state index is 7.51. The monoisotopic (exact) mass is 352 g/mol. The summed E-state index contributed by atoms with van der Waals surface area (Å²) >= 11 is 16.7. The first-order valence-corrected chi connectivity index (χ1v) is 7.39. The van der Waals surface area contributed by atoms with Gasteiger partial charge in [0.25, 0.3) is 3.79 Å². The molecule has 0 atom stereocenters. The molecule has 0 aromatic heterocycles. The van der Waals surface area contributed by atoms with Crippen molar-refractivity contribution in [2.45, 2.75) is 10.4 Å². The number of rotatable bonds is 3. The van der Waals surface area contributed by atoms with Crippen molar-refractivity contribution in [1.29, 1.82) is 5.41 Å². The Hall–Kier alpha value is -1.73. The molecule has 3 nitrogen and oxygen atoms in total.